The van der Waals surface area contributed by atoms with Gasteiger partial charge in [-0.05, 0) is 17.7 Å². The third-order valence-corrected chi connectivity index (χ3v) is 2.86. The number of methoxy groups -OCH3 is 1. The van der Waals surface area contributed by atoms with Gasteiger partial charge in [0, 0.05) is 4.90 Å². The zero-order valence-corrected chi connectivity index (χ0v) is 9.60. The first-order valence-corrected chi connectivity index (χ1v) is 4.90. The van der Waals surface area contributed by atoms with Crippen molar-refractivity contribution in [3.63, 3.8) is 0 Å². The third kappa shape index (κ3) is 2.65. The zero-order valence-electron chi connectivity index (χ0n) is 7.95. The summed E-state index contributed by atoms with van der Waals surface area (Å²) in [4.78, 5) is 11.5. The minimum atomic E-state index is -0.427. The lowest BCUT2D eigenvalue weighted by Gasteiger charge is -2.07. The van der Waals surface area contributed by atoms with Gasteiger partial charge in [-0.1, -0.05) is 11.6 Å². The summed E-state index contributed by atoms with van der Waals surface area (Å²) in [6.07, 6.45) is -0.00120. The first-order valence-electron chi connectivity index (χ1n) is 4.07. The summed E-state index contributed by atoms with van der Waals surface area (Å²) in [5.41, 5.74) is 0.884. The topological polar surface area (TPSA) is 50.1 Å². The standard InChI is InChI=1S/C10H8ClNO2S/c1-14-9(13)4-7-6(5-12)2-3-8(11)10(7)15/h2-3,15H,4H2,1H3. The number of halogens is 1. The van der Waals surface area contributed by atoms with Crippen molar-refractivity contribution in [3.8, 4) is 6.07 Å². The number of carbonyl (C=O) groups excluding carboxylic acids is 1. The van der Waals surface area contributed by atoms with E-state index in [9.17, 15) is 4.79 Å². The van der Waals surface area contributed by atoms with Crippen LogP contribution in [0.1, 0.15) is 11.1 Å². The molecule has 0 atom stereocenters. The van der Waals surface area contributed by atoms with E-state index in [4.69, 9.17) is 16.9 Å². The van der Waals surface area contributed by atoms with Crippen LogP contribution in [-0.2, 0) is 16.0 Å². The van der Waals surface area contributed by atoms with E-state index in [1.54, 1.807) is 12.1 Å². The van der Waals surface area contributed by atoms with Crippen molar-refractivity contribution >= 4 is 30.2 Å². The number of ether oxygens (including phenoxy) is 1. The SMILES string of the molecule is COC(=O)Cc1c(C#N)ccc(Cl)c1S. The summed E-state index contributed by atoms with van der Waals surface area (Å²) >= 11 is 9.99. The Morgan fingerprint density at radius 2 is 2.33 bits per heavy atom. The average Bonchev–Trinajstić information content (AvgIpc) is 2.25. The molecule has 0 aliphatic rings. The molecule has 1 aromatic carbocycles. The van der Waals surface area contributed by atoms with Crippen LogP contribution in [-0.4, -0.2) is 13.1 Å². The lowest BCUT2D eigenvalue weighted by atomic mass is 10.1. The first-order chi connectivity index (χ1) is 7.10. The Balaban J connectivity index is 3.19. The van der Waals surface area contributed by atoms with E-state index in [2.05, 4.69) is 17.4 Å². The van der Waals surface area contributed by atoms with Gasteiger partial charge >= 0.3 is 5.97 Å². The molecule has 3 nitrogen and oxygen atoms in total. The van der Waals surface area contributed by atoms with Crippen LogP contribution in [0.15, 0.2) is 17.0 Å². The second kappa shape index (κ2) is 5.06. The molecule has 0 unspecified atom stereocenters. The Morgan fingerprint density at radius 3 is 2.87 bits per heavy atom. The van der Waals surface area contributed by atoms with Gasteiger partial charge in [-0.15, -0.1) is 12.6 Å². The number of nitrogens with zero attached hydrogens (tertiary/aromatic N) is 1. The molecule has 0 aromatic heterocycles. The average molecular weight is 242 g/mol. The number of benzene rings is 1. The Hall–Kier alpha value is -1.18. The van der Waals surface area contributed by atoms with Crippen LogP contribution >= 0.6 is 24.2 Å². The van der Waals surface area contributed by atoms with E-state index in [1.807, 2.05) is 6.07 Å². The predicted molar refractivity (Wildman–Crippen MR) is 59.1 cm³/mol. The molecule has 0 radical (unpaired) electrons. The number of hydrogen-bond acceptors (Lipinski definition) is 4. The van der Waals surface area contributed by atoms with E-state index >= 15 is 0 Å². The summed E-state index contributed by atoms with van der Waals surface area (Å²) in [7, 11) is 1.29. The van der Waals surface area contributed by atoms with Crippen molar-refractivity contribution in [2.75, 3.05) is 7.11 Å². The number of carbonyl (C=O) groups is 1. The number of thiol groups is 1. The highest BCUT2D eigenvalue weighted by molar-refractivity contribution is 7.80. The van der Waals surface area contributed by atoms with Crippen molar-refractivity contribution in [1.29, 1.82) is 5.26 Å². The molecule has 0 bridgehead atoms. The lowest BCUT2D eigenvalue weighted by Crippen LogP contribution is -2.07. The molecule has 78 valence electrons. The summed E-state index contributed by atoms with van der Waals surface area (Å²) in [5.74, 6) is -0.427. The highest BCUT2D eigenvalue weighted by atomic mass is 35.5. The van der Waals surface area contributed by atoms with E-state index in [1.165, 1.54) is 7.11 Å². The number of rotatable bonds is 2. The maximum Gasteiger partial charge on any atom is 0.310 e. The fourth-order valence-electron chi connectivity index (χ4n) is 1.11. The fraction of sp³-hybridized carbons (Fsp3) is 0.200. The second-order valence-corrected chi connectivity index (χ2v) is 3.64. The number of esters is 1. The van der Waals surface area contributed by atoms with Crippen LogP contribution < -0.4 is 0 Å². The monoisotopic (exact) mass is 241 g/mol. The fourth-order valence-corrected chi connectivity index (χ4v) is 1.56. The number of nitriles is 1. The molecule has 15 heavy (non-hydrogen) atoms. The molecule has 1 aromatic rings. The van der Waals surface area contributed by atoms with Gasteiger partial charge in [0.2, 0.25) is 0 Å². The molecule has 0 aliphatic heterocycles. The normalized spacial score (nSPS) is 9.47. The molecule has 0 heterocycles. The van der Waals surface area contributed by atoms with Crippen molar-refractivity contribution in [3.05, 3.63) is 28.3 Å². The molecule has 0 N–H and O–H groups in total. The molecule has 0 saturated carbocycles. The van der Waals surface area contributed by atoms with Gasteiger partial charge in [0.05, 0.1) is 30.2 Å². The van der Waals surface area contributed by atoms with E-state index < -0.39 is 5.97 Å². The molecule has 5 heteroatoms. The zero-order chi connectivity index (χ0) is 11.4. The van der Waals surface area contributed by atoms with Gasteiger partial charge < -0.3 is 4.74 Å². The summed E-state index contributed by atoms with van der Waals surface area (Å²) in [5, 5.41) is 9.25. The largest absolute Gasteiger partial charge is 0.469 e. The summed E-state index contributed by atoms with van der Waals surface area (Å²) < 4.78 is 4.52. The minimum absolute atomic E-state index is 0.00120. The minimum Gasteiger partial charge on any atom is -0.469 e. The highest BCUT2D eigenvalue weighted by Gasteiger charge is 2.13. The molecule has 0 aliphatic carbocycles. The molecule has 0 saturated heterocycles. The summed E-state index contributed by atoms with van der Waals surface area (Å²) in [6.45, 7) is 0. The predicted octanol–water partition coefficient (Wildman–Crippen LogP) is 2.22. The van der Waals surface area contributed by atoms with Crippen molar-refractivity contribution in [2.24, 2.45) is 0 Å². The second-order valence-electron chi connectivity index (χ2n) is 2.79. The first kappa shape index (κ1) is 11.9. The Morgan fingerprint density at radius 1 is 1.67 bits per heavy atom. The molecular weight excluding hydrogens is 234 g/mol. The van der Waals surface area contributed by atoms with Crippen molar-refractivity contribution < 1.29 is 9.53 Å². The van der Waals surface area contributed by atoms with Crippen LogP contribution in [0.25, 0.3) is 0 Å². The van der Waals surface area contributed by atoms with Crippen LogP contribution in [0.3, 0.4) is 0 Å². The molecule has 1 rings (SSSR count). The maximum absolute atomic E-state index is 11.1. The smallest absolute Gasteiger partial charge is 0.310 e. The van der Waals surface area contributed by atoms with Gasteiger partial charge in [-0.2, -0.15) is 5.26 Å². The van der Waals surface area contributed by atoms with Gasteiger partial charge in [0.1, 0.15) is 0 Å². The number of hydrogen-bond donors (Lipinski definition) is 1. The molecule has 0 amide bonds. The van der Waals surface area contributed by atoms with E-state index in [-0.39, 0.29) is 6.42 Å². The maximum atomic E-state index is 11.1. The van der Waals surface area contributed by atoms with Crippen molar-refractivity contribution in [1.82, 2.24) is 0 Å². The lowest BCUT2D eigenvalue weighted by molar-refractivity contribution is -0.139. The summed E-state index contributed by atoms with van der Waals surface area (Å²) in [6, 6.07) is 5.11. The van der Waals surface area contributed by atoms with Crippen LogP contribution in [0.5, 0.6) is 0 Å². The third-order valence-electron chi connectivity index (χ3n) is 1.90. The van der Waals surface area contributed by atoms with Gasteiger partial charge in [-0.25, -0.2) is 0 Å². The van der Waals surface area contributed by atoms with E-state index in [0.717, 1.165) is 0 Å². The van der Waals surface area contributed by atoms with E-state index in [0.29, 0.717) is 21.0 Å². The molecular formula is C10H8ClNO2S. The van der Waals surface area contributed by atoms with Crippen LogP contribution in [0.2, 0.25) is 5.02 Å². The molecule has 0 fully saturated rings. The van der Waals surface area contributed by atoms with Crippen LogP contribution in [0, 0.1) is 11.3 Å². The Labute approximate surface area is 98.0 Å². The Bertz CT molecular complexity index is 440. The quantitative estimate of drug-likeness (QED) is 0.638. The van der Waals surface area contributed by atoms with Crippen LogP contribution in [0.4, 0.5) is 0 Å². The van der Waals surface area contributed by atoms with Crippen molar-refractivity contribution in [2.45, 2.75) is 11.3 Å². The van der Waals surface area contributed by atoms with Gasteiger partial charge in [0.15, 0.2) is 0 Å². The van der Waals surface area contributed by atoms with Gasteiger partial charge in [0.25, 0.3) is 0 Å². The van der Waals surface area contributed by atoms with Gasteiger partial charge in [-0.3, -0.25) is 4.79 Å². The highest BCUT2D eigenvalue weighted by Crippen LogP contribution is 2.27. The Kier molecular flexibility index (Phi) is 4.01. The molecule has 0 spiro atoms.